The summed E-state index contributed by atoms with van der Waals surface area (Å²) < 4.78 is 0. The molecule has 0 unspecified atom stereocenters. The third-order valence-corrected chi connectivity index (χ3v) is 3.37. The SMILES string of the molecule is CC1CC(N2CCNC[C@@H]2C)C1.Cl. The molecular formula is C10H21ClN2. The normalized spacial score (nSPS) is 40.6. The molecule has 1 atom stereocenters. The Morgan fingerprint density at radius 3 is 2.46 bits per heavy atom. The van der Waals surface area contributed by atoms with Gasteiger partial charge in [-0.25, -0.2) is 0 Å². The van der Waals surface area contributed by atoms with Crippen LogP contribution >= 0.6 is 12.4 Å². The predicted molar refractivity (Wildman–Crippen MR) is 58.5 cm³/mol. The average Bonchev–Trinajstić information content (AvgIpc) is 2.01. The quantitative estimate of drug-likeness (QED) is 0.697. The summed E-state index contributed by atoms with van der Waals surface area (Å²) in [5.41, 5.74) is 0. The highest BCUT2D eigenvalue weighted by atomic mass is 35.5. The monoisotopic (exact) mass is 204 g/mol. The Morgan fingerprint density at radius 2 is 1.92 bits per heavy atom. The van der Waals surface area contributed by atoms with Crippen LogP contribution < -0.4 is 5.32 Å². The zero-order chi connectivity index (χ0) is 8.55. The third-order valence-electron chi connectivity index (χ3n) is 3.37. The molecule has 13 heavy (non-hydrogen) atoms. The maximum atomic E-state index is 3.44. The highest BCUT2D eigenvalue weighted by Gasteiger charge is 2.33. The first kappa shape index (κ1) is 11.3. The molecule has 3 heteroatoms. The minimum absolute atomic E-state index is 0. The smallest absolute Gasteiger partial charge is 0.0195 e. The molecule has 2 nitrogen and oxygen atoms in total. The molecule has 1 N–H and O–H groups in total. The molecule has 0 aromatic rings. The van der Waals surface area contributed by atoms with E-state index >= 15 is 0 Å². The van der Waals surface area contributed by atoms with E-state index in [-0.39, 0.29) is 12.4 Å². The van der Waals surface area contributed by atoms with Gasteiger partial charge in [0.1, 0.15) is 0 Å². The summed E-state index contributed by atoms with van der Waals surface area (Å²) in [6.07, 6.45) is 2.87. The maximum Gasteiger partial charge on any atom is 0.0195 e. The minimum atomic E-state index is 0. The van der Waals surface area contributed by atoms with Crippen LogP contribution in [0.2, 0.25) is 0 Å². The van der Waals surface area contributed by atoms with E-state index in [0.29, 0.717) is 0 Å². The number of hydrogen-bond acceptors (Lipinski definition) is 2. The molecule has 2 aliphatic rings. The second-order valence-corrected chi connectivity index (χ2v) is 4.52. The first-order chi connectivity index (χ1) is 5.77. The Kier molecular flexibility index (Phi) is 4.02. The van der Waals surface area contributed by atoms with Gasteiger partial charge in [-0.2, -0.15) is 0 Å². The van der Waals surface area contributed by atoms with E-state index < -0.39 is 0 Å². The van der Waals surface area contributed by atoms with Gasteiger partial charge in [-0.15, -0.1) is 12.4 Å². The van der Waals surface area contributed by atoms with Crippen molar-refractivity contribution in [3.63, 3.8) is 0 Å². The molecule has 1 saturated carbocycles. The van der Waals surface area contributed by atoms with Gasteiger partial charge in [0, 0.05) is 31.7 Å². The van der Waals surface area contributed by atoms with Crippen molar-refractivity contribution in [2.75, 3.05) is 19.6 Å². The van der Waals surface area contributed by atoms with Crippen LogP contribution in [0.5, 0.6) is 0 Å². The number of halogens is 1. The lowest BCUT2D eigenvalue weighted by atomic mass is 9.80. The summed E-state index contributed by atoms with van der Waals surface area (Å²) in [4.78, 5) is 2.69. The van der Waals surface area contributed by atoms with Crippen molar-refractivity contribution in [1.82, 2.24) is 10.2 Å². The highest BCUT2D eigenvalue weighted by Crippen LogP contribution is 2.32. The van der Waals surface area contributed by atoms with Crippen LogP contribution in [0, 0.1) is 5.92 Å². The molecule has 1 saturated heterocycles. The van der Waals surface area contributed by atoms with E-state index in [1.165, 1.54) is 32.5 Å². The molecule has 0 aromatic carbocycles. The molecule has 0 amide bonds. The van der Waals surface area contributed by atoms with Crippen LogP contribution in [0.25, 0.3) is 0 Å². The van der Waals surface area contributed by atoms with Gasteiger partial charge in [0.25, 0.3) is 0 Å². The lowest BCUT2D eigenvalue weighted by molar-refractivity contribution is 0.0400. The van der Waals surface area contributed by atoms with Crippen LogP contribution in [-0.4, -0.2) is 36.6 Å². The van der Waals surface area contributed by atoms with E-state index in [2.05, 4.69) is 24.1 Å². The van der Waals surface area contributed by atoms with E-state index in [0.717, 1.165) is 18.0 Å². The van der Waals surface area contributed by atoms with Crippen LogP contribution in [0.3, 0.4) is 0 Å². The van der Waals surface area contributed by atoms with Crippen molar-refractivity contribution < 1.29 is 0 Å². The highest BCUT2D eigenvalue weighted by molar-refractivity contribution is 5.85. The van der Waals surface area contributed by atoms with E-state index in [9.17, 15) is 0 Å². The summed E-state index contributed by atoms with van der Waals surface area (Å²) in [7, 11) is 0. The predicted octanol–water partition coefficient (Wildman–Crippen LogP) is 1.50. The van der Waals surface area contributed by atoms with Gasteiger partial charge < -0.3 is 5.32 Å². The van der Waals surface area contributed by atoms with Crippen molar-refractivity contribution >= 4 is 12.4 Å². The van der Waals surface area contributed by atoms with Crippen molar-refractivity contribution in [3.8, 4) is 0 Å². The van der Waals surface area contributed by atoms with Crippen molar-refractivity contribution in [2.24, 2.45) is 5.92 Å². The first-order valence-electron chi connectivity index (χ1n) is 5.24. The van der Waals surface area contributed by atoms with Gasteiger partial charge in [-0.1, -0.05) is 6.92 Å². The molecule has 78 valence electrons. The van der Waals surface area contributed by atoms with Gasteiger partial charge in [-0.3, -0.25) is 4.90 Å². The standard InChI is InChI=1S/C10H20N2.ClH/c1-8-5-10(6-8)12-4-3-11-7-9(12)2;/h8-11H,3-7H2,1-2H3;1H/t8?,9-,10?;/m0./s1. The Morgan fingerprint density at radius 1 is 1.23 bits per heavy atom. The van der Waals surface area contributed by atoms with E-state index in [1.54, 1.807) is 0 Å². The van der Waals surface area contributed by atoms with Gasteiger partial charge in [0.05, 0.1) is 0 Å². The lowest BCUT2D eigenvalue weighted by Crippen LogP contribution is -2.57. The number of rotatable bonds is 1. The summed E-state index contributed by atoms with van der Waals surface area (Å²) >= 11 is 0. The fraction of sp³-hybridized carbons (Fsp3) is 1.00. The summed E-state index contributed by atoms with van der Waals surface area (Å²) in [6, 6.07) is 1.67. The summed E-state index contributed by atoms with van der Waals surface area (Å²) in [6.45, 7) is 8.34. The Bertz CT molecular complexity index is 157. The van der Waals surface area contributed by atoms with Crippen molar-refractivity contribution in [1.29, 1.82) is 0 Å². The zero-order valence-electron chi connectivity index (χ0n) is 8.62. The second-order valence-electron chi connectivity index (χ2n) is 4.52. The Labute approximate surface area is 87.5 Å². The molecule has 2 rings (SSSR count). The molecule has 0 aromatic heterocycles. The van der Waals surface area contributed by atoms with Crippen LogP contribution in [0.1, 0.15) is 26.7 Å². The second kappa shape index (κ2) is 4.63. The molecule has 1 aliphatic carbocycles. The number of piperazine rings is 1. The molecule has 0 radical (unpaired) electrons. The van der Waals surface area contributed by atoms with Crippen LogP contribution in [0.4, 0.5) is 0 Å². The van der Waals surface area contributed by atoms with Crippen molar-refractivity contribution in [2.45, 2.75) is 38.8 Å². The van der Waals surface area contributed by atoms with Gasteiger partial charge >= 0.3 is 0 Å². The summed E-state index contributed by atoms with van der Waals surface area (Å²) in [5.74, 6) is 0.983. The van der Waals surface area contributed by atoms with E-state index in [4.69, 9.17) is 0 Å². The van der Waals surface area contributed by atoms with Gasteiger partial charge in [0.2, 0.25) is 0 Å². The number of nitrogens with one attached hydrogen (secondary N) is 1. The Hall–Kier alpha value is 0.210. The van der Waals surface area contributed by atoms with Crippen LogP contribution in [0.15, 0.2) is 0 Å². The fourth-order valence-corrected chi connectivity index (χ4v) is 2.53. The molecule has 0 spiro atoms. The minimum Gasteiger partial charge on any atom is -0.314 e. The van der Waals surface area contributed by atoms with E-state index in [1.807, 2.05) is 0 Å². The fourth-order valence-electron chi connectivity index (χ4n) is 2.53. The topological polar surface area (TPSA) is 15.3 Å². The first-order valence-corrected chi connectivity index (χ1v) is 5.24. The largest absolute Gasteiger partial charge is 0.314 e. The molecular weight excluding hydrogens is 184 g/mol. The zero-order valence-corrected chi connectivity index (χ0v) is 9.44. The maximum absolute atomic E-state index is 3.44. The summed E-state index contributed by atoms with van der Waals surface area (Å²) in [5, 5.41) is 3.44. The average molecular weight is 205 g/mol. The van der Waals surface area contributed by atoms with Crippen LogP contribution in [-0.2, 0) is 0 Å². The molecule has 1 aliphatic heterocycles. The Balaban J connectivity index is 0.000000845. The molecule has 1 heterocycles. The number of hydrogen-bond donors (Lipinski definition) is 1. The van der Waals surface area contributed by atoms with Crippen molar-refractivity contribution in [3.05, 3.63) is 0 Å². The van der Waals surface area contributed by atoms with Gasteiger partial charge in [0.15, 0.2) is 0 Å². The lowest BCUT2D eigenvalue weighted by Gasteiger charge is -2.46. The third kappa shape index (κ3) is 2.36. The number of nitrogens with zero attached hydrogens (tertiary/aromatic N) is 1. The van der Waals surface area contributed by atoms with Gasteiger partial charge in [-0.05, 0) is 25.7 Å². The molecule has 2 fully saturated rings. The molecule has 0 bridgehead atoms.